The summed E-state index contributed by atoms with van der Waals surface area (Å²) in [5.41, 5.74) is 7.99. The number of nitrogens with two attached hydrogens (primary N) is 1. The Morgan fingerprint density at radius 1 is 1.29 bits per heavy atom. The van der Waals surface area contributed by atoms with Crippen LogP contribution in [0.3, 0.4) is 0 Å². The first kappa shape index (κ1) is 14.3. The molecule has 3 rings (SSSR count). The molecule has 21 heavy (non-hydrogen) atoms. The summed E-state index contributed by atoms with van der Waals surface area (Å²) in [6.45, 7) is 0. The molecule has 108 valence electrons. The first-order chi connectivity index (χ1) is 10.1. The predicted octanol–water partition coefficient (Wildman–Crippen LogP) is 3.89. The average Bonchev–Trinajstić information content (AvgIpc) is 2.48. The number of rotatable bonds is 2. The number of hydrogen-bond donors (Lipinski definition) is 2. The van der Waals surface area contributed by atoms with Crippen molar-refractivity contribution in [3.05, 3.63) is 58.6 Å². The van der Waals surface area contributed by atoms with E-state index in [1.165, 1.54) is 4.90 Å². The van der Waals surface area contributed by atoms with Gasteiger partial charge in [-0.3, -0.25) is 4.79 Å². The van der Waals surface area contributed by atoms with E-state index < -0.39 is 0 Å². The second kappa shape index (κ2) is 6.00. The molecule has 0 saturated carbocycles. The minimum atomic E-state index is -0.106. The Hall–Kier alpha value is -1.65. The van der Waals surface area contributed by atoms with E-state index in [1.807, 2.05) is 18.2 Å². The van der Waals surface area contributed by atoms with E-state index in [0.717, 1.165) is 17.7 Å². The van der Waals surface area contributed by atoms with E-state index in [4.69, 9.17) is 17.3 Å². The van der Waals surface area contributed by atoms with Crippen LogP contribution in [0.5, 0.6) is 0 Å². The standard InChI is InChI=1S/C16H15ClN2OS/c17-11-4-5-15-13(9-11)14(6-7-21-15)19-16(20)10-2-1-3-12(18)8-10/h1-5,8-9,14H,6-7,18H2,(H,19,20). The molecule has 3 nitrogen and oxygen atoms in total. The Morgan fingerprint density at radius 2 is 2.14 bits per heavy atom. The number of carbonyl (C=O) groups is 1. The Balaban J connectivity index is 1.83. The van der Waals surface area contributed by atoms with Crippen LogP contribution in [0.2, 0.25) is 5.02 Å². The summed E-state index contributed by atoms with van der Waals surface area (Å²) in [6.07, 6.45) is 0.895. The van der Waals surface area contributed by atoms with E-state index >= 15 is 0 Å². The molecular weight excluding hydrogens is 304 g/mol. The Morgan fingerprint density at radius 3 is 2.95 bits per heavy atom. The highest BCUT2D eigenvalue weighted by atomic mass is 35.5. The van der Waals surface area contributed by atoms with Crippen LogP contribution in [-0.4, -0.2) is 11.7 Å². The highest BCUT2D eigenvalue weighted by Crippen LogP contribution is 2.37. The summed E-state index contributed by atoms with van der Waals surface area (Å²) in [4.78, 5) is 13.5. The van der Waals surface area contributed by atoms with Gasteiger partial charge in [0.1, 0.15) is 0 Å². The van der Waals surface area contributed by atoms with Crippen molar-refractivity contribution in [2.75, 3.05) is 11.5 Å². The van der Waals surface area contributed by atoms with Gasteiger partial charge in [0.05, 0.1) is 6.04 Å². The fourth-order valence-electron chi connectivity index (χ4n) is 2.44. The highest BCUT2D eigenvalue weighted by molar-refractivity contribution is 7.99. The smallest absolute Gasteiger partial charge is 0.251 e. The summed E-state index contributed by atoms with van der Waals surface area (Å²) in [6, 6.07) is 12.8. The predicted molar refractivity (Wildman–Crippen MR) is 87.9 cm³/mol. The topological polar surface area (TPSA) is 55.1 Å². The van der Waals surface area contributed by atoms with Crippen LogP contribution in [-0.2, 0) is 0 Å². The molecule has 1 aliphatic rings. The van der Waals surface area contributed by atoms with Gasteiger partial charge in [0.2, 0.25) is 0 Å². The van der Waals surface area contributed by atoms with Gasteiger partial charge in [-0.1, -0.05) is 17.7 Å². The molecule has 0 fully saturated rings. The Labute approximate surface area is 132 Å². The van der Waals surface area contributed by atoms with Crippen molar-refractivity contribution in [2.45, 2.75) is 17.4 Å². The van der Waals surface area contributed by atoms with Gasteiger partial charge in [-0.05, 0) is 48.4 Å². The third-order valence-corrected chi connectivity index (χ3v) is 4.82. The molecule has 1 unspecified atom stereocenters. The van der Waals surface area contributed by atoms with Crippen LogP contribution in [0.1, 0.15) is 28.4 Å². The van der Waals surface area contributed by atoms with Gasteiger partial charge in [-0.15, -0.1) is 11.8 Å². The van der Waals surface area contributed by atoms with Crippen molar-refractivity contribution in [1.82, 2.24) is 5.32 Å². The van der Waals surface area contributed by atoms with Crippen molar-refractivity contribution in [3.63, 3.8) is 0 Å². The molecule has 5 heteroatoms. The van der Waals surface area contributed by atoms with Gasteiger partial charge in [0.25, 0.3) is 5.91 Å². The molecule has 0 saturated heterocycles. The number of nitrogen functional groups attached to an aromatic ring is 1. The van der Waals surface area contributed by atoms with Gasteiger partial charge in [-0.2, -0.15) is 0 Å². The van der Waals surface area contributed by atoms with Crippen molar-refractivity contribution in [1.29, 1.82) is 0 Å². The summed E-state index contributed by atoms with van der Waals surface area (Å²) in [7, 11) is 0. The number of anilines is 1. The molecule has 0 aliphatic carbocycles. The number of fused-ring (bicyclic) bond motifs is 1. The number of hydrogen-bond acceptors (Lipinski definition) is 3. The lowest BCUT2D eigenvalue weighted by molar-refractivity contribution is 0.0935. The first-order valence-corrected chi connectivity index (χ1v) is 8.08. The lowest BCUT2D eigenvalue weighted by atomic mass is 10.0. The number of benzene rings is 2. The molecule has 0 bridgehead atoms. The quantitative estimate of drug-likeness (QED) is 0.826. The molecule has 1 heterocycles. The second-order valence-electron chi connectivity index (χ2n) is 4.97. The van der Waals surface area contributed by atoms with Crippen molar-refractivity contribution >= 4 is 35.0 Å². The molecular formula is C16H15ClN2OS. The molecule has 1 aliphatic heterocycles. The summed E-state index contributed by atoms with van der Waals surface area (Å²) < 4.78 is 0. The maximum absolute atomic E-state index is 12.4. The van der Waals surface area contributed by atoms with E-state index in [-0.39, 0.29) is 11.9 Å². The van der Waals surface area contributed by atoms with Crippen LogP contribution in [0, 0.1) is 0 Å². The first-order valence-electron chi connectivity index (χ1n) is 6.72. The van der Waals surface area contributed by atoms with E-state index in [0.29, 0.717) is 16.3 Å². The fraction of sp³-hybridized carbons (Fsp3) is 0.188. The number of halogens is 1. The van der Waals surface area contributed by atoms with Gasteiger partial charge in [0.15, 0.2) is 0 Å². The SMILES string of the molecule is Nc1cccc(C(=O)NC2CCSc3ccc(Cl)cc32)c1. The van der Waals surface area contributed by atoms with E-state index in [2.05, 4.69) is 5.32 Å². The van der Waals surface area contributed by atoms with Crippen molar-refractivity contribution in [2.24, 2.45) is 0 Å². The van der Waals surface area contributed by atoms with Crippen LogP contribution >= 0.6 is 23.4 Å². The van der Waals surface area contributed by atoms with E-state index in [9.17, 15) is 4.79 Å². The summed E-state index contributed by atoms with van der Waals surface area (Å²) in [5.74, 6) is 0.876. The molecule has 0 radical (unpaired) electrons. The maximum Gasteiger partial charge on any atom is 0.251 e. The van der Waals surface area contributed by atoms with Gasteiger partial charge < -0.3 is 11.1 Å². The minimum Gasteiger partial charge on any atom is -0.399 e. The van der Waals surface area contributed by atoms with Crippen LogP contribution in [0.25, 0.3) is 0 Å². The number of nitrogens with one attached hydrogen (secondary N) is 1. The molecule has 1 amide bonds. The fourth-order valence-corrected chi connectivity index (χ4v) is 3.72. The van der Waals surface area contributed by atoms with Gasteiger partial charge >= 0.3 is 0 Å². The van der Waals surface area contributed by atoms with Crippen molar-refractivity contribution in [3.8, 4) is 0 Å². The van der Waals surface area contributed by atoms with Crippen LogP contribution < -0.4 is 11.1 Å². The molecule has 0 spiro atoms. The third kappa shape index (κ3) is 3.17. The lowest BCUT2D eigenvalue weighted by Crippen LogP contribution is -2.30. The van der Waals surface area contributed by atoms with Crippen molar-refractivity contribution < 1.29 is 4.79 Å². The van der Waals surface area contributed by atoms with Crippen LogP contribution in [0.15, 0.2) is 47.4 Å². The third-order valence-electron chi connectivity index (χ3n) is 3.47. The molecule has 2 aromatic rings. The summed E-state index contributed by atoms with van der Waals surface area (Å²) in [5, 5.41) is 3.77. The lowest BCUT2D eigenvalue weighted by Gasteiger charge is -2.26. The normalized spacial score (nSPS) is 17.1. The zero-order valence-corrected chi connectivity index (χ0v) is 12.9. The van der Waals surface area contributed by atoms with Crippen LogP contribution in [0.4, 0.5) is 5.69 Å². The van der Waals surface area contributed by atoms with E-state index in [1.54, 1.807) is 36.0 Å². The maximum atomic E-state index is 12.4. The molecule has 0 aromatic heterocycles. The van der Waals surface area contributed by atoms with Gasteiger partial charge in [-0.25, -0.2) is 0 Å². The molecule has 1 atom stereocenters. The number of thioether (sulfide) groups is 1. The number of carbonyl (C=O) groups excluding carboxylic acids is 1. The molecule has 3 N–H and O–H groups in total. The number of amides is 1. The Kier molecular flexibility index (Phi) is 4.08. The second-order valence-corrected chi connectivity index (χ2v) is 6.54. The zero-order chi connectivity index (χ0) is 14.8. The highest BCUT2D eigenvalue weighted by Gasteiger charge is 2.23. The zero-order valence-electron chi connectivity index (χ0n) is 11.3. The molecule has 2 aromatic carbocycles. The summed E-state index contributed by atoms with van der Waals surface area (Å²) >= 11 is 7.87. The largest absolute Gasteiger partial charge is 0.399 e. The monoisotopic (exact) mass is 318 g/mol. The average molecular weight is 319 g/mol. The Bertz CT molecular complexity index is 690. The van der Waals surface area contributed by atoms with Gasteiger partial charge in [0, 0.05) is 26.9 Å². The minimum absolute atomic E-state index is 0.00567.